The molecule has 2 aromatic carbocycles. The number of nitrogens with two attached hydrogens (primary N) is 1. The number of anilines is 1. The minimum atomic E-state index is -0.223. The molecule has 0 saturated heterocycles. The lowest BCUT2D eigenvalue weighted by Gasteiger charge is -2.07. The Labute approximate surface area is 110 Å². The van der Waals surface area contributed by atoms with E-state index in [4.69, 9.17) is 5.73 Å². The standard InChI is InChI=1S/C15H14FN3/c1-10-18-15-13(17)6-3-7-14(15)19(10)9-11-4-2-5-12(16)8-11/h2-8H,9,17H2,1H3. The smallest absolute Gasteiger partial charge is 0.123 e. The topological polar surface area (TPSA) is 43.8 Å². The second-order valence-corrected chi connectivity index (χ2v) is 4.59. The third-order valence-electron chi connectivity index (χ3n) is 3.23. The van der Waals surface area contributed by atoms with Gasteiger partial charge in [-0.2, -0.15) is 0 Å². The van der Waals surface area contributed by atoms with Crippen molar-refractivity contribution in [2.75, 3.05) is 5.73 Å². The van der Waals surface area contributed by atoms with Gasteiger partial charge in [-0.15, -0.1) is 0 Å². The fraction of sp³-hybridized carbons (Fsp3) is 0.133. The van der Waals surface area contributed by atoms with Gasteiger partial charge in [0.05, 0.1) is 11.2 Å². The average molecular weight is 255 g/mol. The number of benzene rings is 2. The first-order valence-corrected chi connectivity index (χ1v) is 6.11. The summed E-state index contributed by atoms with van der Waals surface area (Å²) in [5.41, 5.74) is 9.27. The van der Waals surface area contributed by atoms with E-state index in [1.54, 1.807) is 6.07 Å². The second-order valence-electron chi connectivity index (χ2n) is 4.59. The third-order valence-corrected chi connectivity index (χ3v) is 3.23. The number of hydrogen-bond donors (Lipinski definition) is 1. The number of nitrogens with zero attached hydrogens (tertiary/aromatic N) is 2. The van der Waals surface area contributed by atoms with Crippen molar-refractivity contribution in [3.63, 3.8) is 0 Å². The van der Waals surface area contributed by atoms with Gasteiger partial charge in [0.2, 0.25) is 0 Å². The Balaban J connectivity index is 2.10. The summed E-state index contributed by atoms with van der Waals surface area (Å²) in [6.07, 6.45) is 0. The molecule has 0 bridgehead atoms. The minimum absolute atomic E-state index is 0.223. The zero-order valence-corrected chi connectivity index (χ0v) is 10.6. The zero-order chi connectivity index (χ0) is 13.4. The number of nitrogen functional groups attached to an aromatic ring is 1. The van der Waals surface area contributed by atoms with Crippen LogP contribution < -0.4 is 5.73 Å². The summed E-state index contributed by atoms with van der Waals surface area (Å²) in [6.45, 7) is 2.52. The van der Waals surface area contributed by atoms with Crippen LogP contribution in [0, 0.1) is 12.7 Å². The molecule has 0 aliphatic rings. The maximum Gasteiger partial charge on any atom is 0.123 e. The van der Waals surface area contributed by atoms with Gasteiger partial charge < -0.3 is 10.3 Å². The Morgan fingerprint density at radius 2 is 2.00 bits per heavy atom. The van der Waals surface area contributed by atoms with Crippen LogP contribution in [0.2, 0.25) is 0 Å². The Hall–Kier alpha value is -2.36. The first-order valence-electron chi connectivity index (χ1n) is 6.11. The number of para-hydroxylation sites is 1. The number of fused-ring (bicyclic) bond motifs is 1. The van der Waals surface area contributed by atoms with Crippen molar-refractivity contribution in [2.24, 2.45) is 0 Å². The molecule has 1 heterocycles. The SMILES string of the molecule is Cc1nc2c(N)cccc2n1Cc1cccc(F)c1. The number of hydrogen-bond acceptors (Lipinski definition) is 2. The molecule has 0 unspecified atom stereocenters. The van der Waals surface area contributed by atoms with Crippen LogP contribution in [0.4, 0.5) is 10.1 Å². The van der Waals surface area contributed by atoms with E-state index in [9.17, 15) is 4.39 Å². The Bertz CT molecular complexity index is 746. The maximum atomic E-state index is 13.2. The van der Waals surface area contributed by atoms with Gasteiger partial charge in [0, 0.05) is 6.54 Å². The number of aryl methyl sites for hydroxylation is 1. The summed E-state index contributed by atoms with van der Waals surface area (Å²) in [6, 6.07) is 12.3. The number of rotatable bonds is 2. The Morgan fingerprint density at radius 1 is 1.21 bits per heavy atom. The Kier molecular flexibility index (Phi) is 2.71. The van der Waals surface area contributed by atoms with E-state index in [-0.39, 0.29) is 5.82 Å². The fourth-order valence-corrected chi connectivity index (χ4v) is 2.30. The van der Waals surface area contributed by atoms with Crippen molar-refractivity contribution in [1.82, 2.24) is 9.55 Å². The molecule has 0 spiro atoms. The van der Waals surface area contributed by atoms with E-state index in [1.807, 2.05) is 35.8 Å². The van der Waals surface area contributed by atoms with E-state index in [0.717, 1.165) is 22.4 Å². The molecule has 2 N–H and O–H groups in total. The molecule has 19 heavy (non-hydrogen) atoms. The van der Waals surface area contributed by atoms with Crippen LogP contribution in [0.3, 0.4) is 0 Å². The molecule has 0 fully saturated rings. The van der Waals surface area contributed by atoms with Gasteiger partial charge in [-0.3, -0.25) is 0 Å². The van der Waals surface area contributed by atoms with Gasteiger partial charge in [0.25, 0.3) is 0 Å². The first-order chi connectivity index (χ1) is 9.15. The lowest BCUT2D eigenvalue weighted by atomic mass is 10.2. The van der Waals surface area contributed by atoms with Crippen molar-refractivity contribution >= 4 is 16.7 Å². The highest BCUT2D eigenvalue weighted by Crippen LogP contribution is 2.22. The molecule has 4 heteroatoms. The van der Waals surface area contributed by atoms with E-state index in [1.165, 1.54) is 12.1 Å². The van der Waals surface area contributed by atoms with Crippen LogP contribution in [0.15, 0.2) is 42.5 Å². The summed E-state index contributed by atoms with van der Waals surface area (Å²) >= 11 is 0. The van der Waals surface area contributed by atoms with Crippen molar-refractivity contribution in [3.05, 3.63) is 59.7 Å². The molecule has 3 aromatic rings. The maximum absolute atomic E-state index is 13.2. The molecular weight excluding hydrogens is 241 g/mol. The average Bonchev–Trinajstić information content (AvgIpc) is 2.69. The third kappa shape index (κ3) is 2.05. The molecule has 0 amide bonds. The summed E-state index contributed by atoms with van der Waals surface area (Å²) < 4.78 is 15.3. The minimum Gasteiger partial charge on any atom is -0.397 e. The molecule has 1 aromatic heterocycles. The normalized spacial score (nSPS) is 11.1. The lowest BCUT2D eigenvalue weighted by molar-refractivity contribution is 0.623. The largest absolute Gasteiger partial charge is 0.397 e. The monoisotopic (exact) mass is 255 g/mol. The van der Waals surface area contributed by atoms with E-state index >= 15 is 0 Å². The summed E-state index contributed by atoms with van der Waals surface area (Å²) in [5, 5.41) is 0. The molecule has 0 atom stereocenters. The second kappa shape index (κ2) is 4.39. The molecule has 0 aliphatic carbocycles. The highest BCUT2D eigenvalue weighted by atomic mass is 19.1. The van der Waals surface area contributed by atoms with Crippen LogP contribution in [-0.4, -0.2) is 9.55 Å². The van der Waals surface area contributed by atoms with Crippen molar-refractivity contribution in [3.8, 4) is 0 Å². The van der Waals surface area contributed by atoms with Gasteiger partial charge in [-0.1, -0.05) is 18.2 Å². The Morgan fingerprint density at radius 3 is 2.79 bits per heavy atom. The van der Waals surface area contributed by atoms with Crippen LogP contribution in [0.5, 0.6) is 0 Å². The van der Waals surface area contributed by atoms with E-state index < -0.39 is 0 Å². The molecular formula is C15H14FN3. The fourth-order valence-electron chi connectivity index (χ4n) is 2.30. The molecule has 0 radical (unpaired) electrons. The van der Waals surface area contributed by atoms with Crippen LogP contribution in [0.25, 0.3) is 11.0 Å². The van der Waals surface area contributed by atoms with Crippen molar-refractivity contribution < 1.29 is 4.39 Å². The summed E-state index contributed by atoms with van der Waals surface area (Å²) in [4.78, 5) is 4.48. The molecule has 96 valence electrons. The van der Waals surface area contributed by atoms with Gasteiger partial charge in [-0.25, -0.2) is 9.37 Å². The van der Waals surface area contributed by atoms with Gasteiger partial charge in [-0.05, 0) is 36.8 Å². The predicted octanol–water partition coefficient (Wildman–Crippen LogP) is 3.11. The summed E-state index contributed by atoms with van der Waals surface area (Å²) in [5.74, 6) is 0.649. The van der Waals surface area contributed by atoms with Crippen molar-refractivity contribution in [2.45, 2.75) is 13.5 Å². The van der Waals surface area contributed by atoms with Crippen LogP contribution in [0.1, 0.15) is 11.4 Å². The number of halogens is 1. The van der Waals surface area contributed by atoms with Crippen LogP contribution in [-0.2, 0) is 6.54 Å². The molecule has 0 aliphatic heterocycles. The number of aromatic nitrogens is 2. The van der Waals surface area contributed by atoms with E-state index in [0.29, 0.717) is 12.2 Å². The predicted molar refractivity (Wildman–Crippen MR) is 74.4 cm³/mol. The summed E-state index contributed by atoms with van der Waals surface area (Å²) in [7, 11) is 0. The highest BCUT2D eigenvalue weighted by molar-refractivity contribution is 5.87. The first kappa shape index (κ1) is 11.7. The number of imidazole rings is 1. The van der Waals surface area contributed by atoms with Crippen LogP contribution >= 0.6 is 0 Å². The molecule has 3 nitrogen and oxygen atoms in total. The molecule has 0 saturated carbocycles. The quantitative estimate of drug-likeness (QED) is 0.715. The molecule has 3 rings (SSSR count). The van der Waals surface area contributed by atoms with E-state index in [2.05, 4.69) is 4.98 Å². The van der Waals surface area contributed by atoms with Gasteiger partial charge in [0.1, 0.15) is 17.2 Å². The van der Waals surface area contributed by atoms with Gasteiger partial charge >= 0.3 is 0 Å². The van der Waals surface area contributed by atoms with Crippen molar-refractivity contribution in [1.29, 1.82) is 0 Å². The lowest BCUT2D eigenvalue weighted by Crippen LogP contribution is -2.02. The zero-order valence-electron chi connectivity index (χ0n) is 10.6. The van der Waals surface area contributed by atoms with Gasteiger partial charge in [0.15, 0.2) is 0 Å². The highest BCUT2D eigenvalue weighted by Gasteiger charge is 2.09.